The molecule has 0 aliphatic heterocycles. The molecule has 1 aromatic heterocycles. The molecule has 0 radical (unpaired) electrons. The highest BCUT2D eigenvalue weighted by atomic mass is 19.4. The zero-order valence-corrected chi connectivity index (χ0v) is 14.3. The molecule has 2 aromatic carbocycles. The van der Waals surface area contributed by atoms with Crippen LogP contribution in [0.3, 0.4) is 0 Å². The Hall–Kier alpha value is -3.62. The number of benzene rings is 2. The van der Waals surface area contributed by atoms with Gasteiger partial charge >= 0.3 is 12.1 Å². The molecule has 6 nitrogen and oxygen atoms in total. The van der Waals surface area contributed by atoms with Crippen LogP contribution in [-0.2, 0) is 17.5 Å². The molecule has 3 aromatic rings. The Morgan fingerprint density at radius 1 is 1.11 bits per heavy atom. The Balaban J connectivity index is 1.83. The van der Waals surface area contributed by atoms with E-state index < -0.39 is 23.4 Å². The van der Waals surface area contributed by atoms with E-state index >= 15 is 0 Å². The quantitative estimate of drug-likeness (QED) is 0.633. The zero-order valence-electron chi connectivity index (χ0n) is 14.3. The van der Waals surface area contributed by atoms with E-state index in [1.807, 2.05) is 0 Å². The van der Waals surface area contributed by atoms with Crippen molar-refractivity contribution in [1.29, 1.82) is 0 Å². The average Bonchev–Trinajstić information content (AvgIpc) is 2.66. The lowest BCUT2D eigenvalue weighted by Gasteiger charge is -2.13. The smallest absolute Gasteiger partial charge is 0.434 e. The predicted molar refractivity (Wildman–Crippen MR) is 94.0 cm³/mol. The molecule has 3 rings (SSSR count). The molecule has 9 heteroatoms. The largest absolute Gasteiger partial charge is 0.508 e. The lowest BCUT2D eigenvalue weighted by molar-refractivity contribution is -0.141. The number of hydrogen-bond donors (Lipinski definition) is 2. The summed E-state index contributed by atoms with van der Waals surface area (Å²) in [5.41, 5.74) is -1.28. The molecule has 0 aliphatic carbocycles. The summed E-state index contributed by atoms with van der Waals surface area (Å²) in [6.45, 7) is -0.180. The van der Waals surface area contributed by atoms with Gasteiger partial charge in [0.25, 0.3) is 0 Å². The molecule has 0 unspecified atom stereocenters. The van der Waals surface area contributed by atoms with Gasteiger partial charge in [0.15, 0.2) is 5.69 Å². The van der Waals surface area contributed by atoms with Crippen molar-refractivity contribution in [2.24, 2.45) is 0 Å². The van der Waals surface area contributed by atoms with Crippen molar-refractivity contribution in [3.8, 4) is 5.75 Å². The van der Waals surface area contributed by atoms with Gasteiger partial charge in [0.05, 0.1) is 0 Å². The van der Waals surface area contributed by atoms with Gasteiger partial charge in [-0.3, -0.25) is 0 Å². The highest BCUT2D eigenvalue weighted by Crippen LogP contribution is 2.32. The predicted octanol–water partition coefficient (Wildman–Crippen LogP) is 4.30. The second-order valence-corrected chi connectivity index (χ2v) is 5.69. The van der Waals surface area contributed by atoms with E-state index in [4.69, 9.17) is 4.74 Å². The van der Waals surface area contributed by atoms with Crippen molar-refractivity contribution >= 4 is 17.6 Å². The summed E-state index contributed by atoms with van der Waals surface area (Å²) in [6, 6.07) is 14.3. The van der Waals surface area contributed by atoms with Gasteiger partial charge in [0.2, 0.25) is 5.95 Å². The summed E-state index contributed by atoms with van der Waals surface area (Å²) in [5, 5.41) is 12.0. The molecule has 0 fully saturated rings. The van der Waals surface area contributed by atoms with Crippen molar-refractivity contribution in [3.63, 3.8) is 0 Å². The molecule has 144 valence electrons. The maximum Gasteiger partial charge on any atom is 0.434 e. The van der Waals surface area contributed by atoms with E-state index in [9.17, 15) is 23.1 Å². The Kier molecular flexibility index (Phi) is 5.44. The van der Waals surface area contributed by atoms with Crippen LogP contribution in [0.5, 0.6) is 5.75 Å². The molecule has 0 spiro atoms. The summed E-state index contributed by atoms with van der Waals surface area (Å²) >= 11 is 0. The Morgan fingerprint density at radius 3 is 2.54 bits per heavy atom. The SMILES string of the molecule is O=C(OCc1ccccc1)c1cnc(Nc2cccc(O)c2)nc1C(F)(F)F. The second-order valence-electron chi connectivity index (χ2n) is 5.69. The maximum absolute atomic E-state index is 13.4. The van der Waals surface area contributed by atoms with Crippen molar-refractivity contribution < 1.29 is 27.8 Å². The van der Waals surface area contributed by atoms with Gasteiger partial charge in [-0.2, -0.15) is 13.2 Å². The molecule has 0 aliphatic rings. The number of nitrogens with one attached hydrogen (secondary N) is 1. The van der Waals surface area contributed by atoms with Gasteiger partial charge in [0.1, 0.15) is 17.9 Å². The average molecular weight is 389 g/mol. The molecule has 0 saturated heterocycles. The van der Waals surface area contributed by atoms with Crippen molar-refractivity contribution in [2.45, 2.75) is 12.8 Å². The van der Waals surface area contributed by atoms with Crippen molar-refractivity contribution in [2.75, 3.05) is 5.32 Å². The van der Waals surface area contributed by atoms with Crippen LogP contribution in [0.2, 0.25) is 0 Å². The van der Waals surface area contributed by atoms with E-state index in [1.54, 1.807) is 30.3 Å². The molecule has 0 amide bonds. The highest BCUT2D eigenvalue weighted by molar-refractivity contribution is 5.90. The highest BCUT2D eigenvalue weighted by Gasteiger charge is 2.38. The molecule has 2 N–H and O–H groups in total. The first-order valence-electron chi connectivity index (χ1n) is 8.04. The first-order valence-corrected chi connectivity index (χ1v) is 8.04. The lowest BCUT2D eigenvalue weighted by atomic mass is 10.2. The minimum atomic E-state index is -4.89. The molecule has 0 saturated carbocycles. The third kappa shape index (κ3) is 4.76. The summed E-state index contributed by atoms with van der Waals surface area (Å²) < 4.78 is 45.1. The van der Waals surface area contributed by atoms with Crippen LogP contribution in [0, 0.1) is 0 Å². The number of esters is 1. The number of halogens is 3. The van der Waals surface area contributed by atoms with Gasteiger partial charge in [0, 0.05) is 18.0 Å². The molecule has 0 bridgehead atoms. The monoisotopic (exact) mass is 389 g/mol. The summed E-state index contributed by atoms with van der Waals surface area (Å²) in [6.07, 6.45) is -4.13. The Morgan fingerprint density at radius 2 is 1.86 bits per heavy atom. The van der Waals surface area contributed by atoms with Crippen molar-refractivity contribution in [3.05, 3.63) is 77.6 Å². The number of anilines is 2. The number of rotatable bonds is 5. The van der Waals surface area contributed by atoms with Gasteiger partial charge in [-0.05, 0) is 17.7 Å². The minimum Gasteiger partial charge on any atom is -0.508 e. The summed E-state index contributed by atoms with van der Waals surface area (Å²) in [4.78, 5) is 19.3. The van der Waals surface area contributed by atoms with Crippen molar-refractivity contribution in [1.82, 2.24) is 9.97 Å². The van der Waals surface area contributed by atoms with E-state index in [2.05, 4.69) is 15.3 Å². The number of alkyl halides is 3. The number of phenolic OH excluding ortho intramolecular Hbond substituents is 1. The molecular weight excluding hydrogens is 375 g/mol. The van der Waals surface area contributed by atoms with Gasteiger partial charge in [-0.25, -0.2) is 14.8 Å². The molecular formula is C19H14F3N3O3. The number of phenols is 1. The number of hydrogen-bond acceptors (Lipinski definition) is 6. The second kappa shape index (κ2) is 7.95. The van der Waals surface area contributed by atoms with Crippen LogP contribution >= 0.6 is 0 Å². The van der Waals surface area contributed by atoms with Crippen LogP contribution in [-0.4, -0.2) is 21.0 Å². The normalized spacial score (nSPS) is 11.1. The number of carbonyl (C=O) groups excluding carboxylic acids is 1. The summed E-state index contributed by atoms with van der Waals surface area (Å²) in [5.74, 6) is -1.64. The fraction of sp³-hybridized carbons (Fsp3) is 0.105. The van der Waals surface area contributed by atoms with E-state index in [0.717, 1.165) is 6.20 Å². The van der Waals surface area contributed by atoms with Gasteiger partial charge in [-0.15, -0.1) is 0 Å². The molecule has 0 atom stereocenters. The number of aromatic nitrogens is 2. The number of nitrogens with zero attached hydrogens (tertiary/aromatic N) is 2. The fourth-order valence-corrected chi connectivity index (χ4v) is 2.32. The van der Waals surface area contributed by atoms with Gasteiger partial charge < -0.3 is 15.2 Å². The van der Waals surface area contributed by atoms with Crippen LogP contribution < -0.4 is 5.32 Å². The van der Waals surface area contributed by atoms with Crippen LogP contribution in [0.15, 0.2) is 60.8 Å². The third-order valence-corrected chi connectivity index (χ3v) is 3.59. The summed E-state index contributed by atoms with van der Waals surface area (Å²) in [7, 11) is 0. The van der Waals surface area contributed by atoms with Crippen LogP contribution in [0.1, 0.15) is 21.6 Å². The lowest BCUT2D eigenvalue weighted by Crippen LogP contribution is -2.19. The molecule has 28 heavy (non-hydrogen) atoms. The zero-order chi connectivity index (χ0) is 20.1. The molecule has 1 heterocycles. The first kappa shape index (κ1) is 19.2. The fourth-order valence-electron chi connectivity index (χ4n) is 2.32. The van der Waals surface area contributed by atoms with E-state index in [-0.39, 0.29) is 24.0 Å². The number of carbonyl (C=O) groups is 1. The third-order valence-electron chi connectivity index (χ3n) is 3.59. The minimum absolute atomic E-state index is 0.0813. The maximum atomic E-state index is 13.4. The van der Waals surface area contributed by atoms with E-state index in [0.29, 0.717) is 5.56 Å². The van der Waals surface area contributed by atoms with Crippen LogP contribution in [0.25, 0.3) is 0 Å². The number of ether oxygens (including phenoxy) is 1. The van der Waals surface area contributed by atoms with Crippen LogP contribution in [0.4, 0.5) is 24.8 Å². The first-order chi connectivity index (χ1) is 13.3. The topological polar surface area (TPSA) is 84.3 Å². The Labute approximate surface area is 157 Å². The Bertz CT molecular complexity index is 979. The van der Waals surface area contributed by atoms with Gasteiger partial charge in [-0.1, -0.05) is 36.4 Å². The van der Waals surface area contributed by atoms with E-state index in [1.165, 1.54) is 24.3 Å². The standard InChI is InChI=1S/C19H14F3N3O3/c20-19(21,22)16-15(17(27)28-11-12-5-2-1-3-6-12)10-23-18(25-16)24-13-7-4-8-14(26)9-13/h1-10,26H,11H2,(H,23,24,25). The number of aromatic hydroxyl groups is 1.